The number of halogens is 1. The Hall–Kier alpha value is -2.13. The molecule has 5 nitrogen and oxygen atoms in total. The monoisotopic (exact) mass is 348 g/mol. The first-order valence-corrected chi connectivity index (χ1v) is 8.78. The highest BCUT2D eigenvalue weighted by molar-refractivity contribution is 5.69. The molecule has 1 fully saturated rings. The number of rotatable bonds is 5. The fourth-order valence-corrected chi connectivity index (χ4v) is 3.22. The zero-order chi connectivity index (χ0) is 18.2. The summed E-state index contributed by atoms with van der Waals surface area (Å²) in [4.78, 5) is 18.1. The van der Waals surface area contributed by atoms with E-state index in [1.807, 2.05) is 11.8 Å². The highest BCUT2D eigenvalue weighted by Crippen LogP contribution is 2.30. The van der Waals surface area contributed by atoms with Gasteiger partial charge in [-0.05, 0) is 38.0 Å². The Kier molecular flexibility index (Phi) is 7.20. The molecule has 1 N–H and O–H groups in total. The highest BCUT2D eigenvalue weighted by atomic mass is 19.1. The van der Waals surface area contributed by atoms with Gasteiger partial charge in [-0.2, -0.15) is 0 Å². The number of ether oxygens (including phenoxy) is 1. The Morgan fingerprint density at radius 3 is 3.00 bits per heavy atom. The lowest BCUT2D eigenvalue weighted by Gasteiger charge is -2.35. The van der Waals surface area contributed by atoms with Gasteiger partial charge in [-0.25, -0.2) is 9.37 Å². The number of aliphatic hydroxyl groups excluding tert-OH is 1. The number of carbonyl (C=O) groups excluding carboxylic acids is 1. The summed E-state index contributed by atoms with van der Waals surface area (Å²) in [5.74, 6) is 4.76. The first kappa shape index (κ1) is 19.2. The first-order chi connectivity index (χ1) is 12.1. The van der Waals surface area contributed by atoms with Gasteiger partial charge in [0, 0.05) is 19.2 Å². The molecule has 1 aromatic heterocycles. The molecular weight excluding hydrogens is 323 g/mol. The van der Waals surface area contributed by atoms with Crippen molar-refractivity contribution in [3.05, 3.63) is 23.3 Å². The number of esters is 1. The summed E-state index contributed by atoms with van der Waals surface area (Å²) in [6, 6.07) is 1.31. The predicted octanol–water partition coefficient (Wildman–Crippen LogP) is 2.30. The second-order valence-electron chi connectivity index (χ2n) is 6.06. The smallest absolute Gasteiger partial charge is 0.306 e. The molecule has 136 valence electrons. The third kappa shape index (κ3) is 5.17. The van der Waals surface area contributed by atoms with Crippen LogP contribution in [-0.4, -0.2) is 42.4 Å². The van der Waals surface area contributed by atoms with Crippen LogP contribution in [-0.2, 0) is 16.0 Å². The Morgan fingerprint density at radius 2 is 2.32 bits per heavy atom. The van der Waals surface area contributed by atoms with E-state index in [9.17, 15) is 9.18 Å². The molecule has 0 radical (unpaired) electrons. The summed E-state index contributed by atoms with van der Waals surface area (Å²) < 4.78 is 19.7. The van der Waals surface area contributed by atoms with Gasteiger partial charge in [-0.3, -0.25) is 4.79 Å². The maximum absolute atomic E-state index is 14.7. The molecule has 0 amide bonds. The Bertz CT molecular complexity index is 667. The molecule has 1 aromatic rings. The van der Waals surface area contributed by atoms with Crippen LogP contribution in [0.5, 0.6) is 0 Å². The maximum atomic E-state index is 14.7. The van der Waals surface area contributed by atoms with E-state index in [1.54, 1.807) is 6.92 Å². The number of nitrogens with zero attached hydrogens (tertiary/aromatic N) is 2. The minimum atomic E-state index is -0.356. The molecule has 0 spiro atoms. The normalized spacial score (nSPS) is 17.0. The van der Waals surface area contributed by atoms with Crippen molar-refractivity contribution in [2.24, 2.45) is 5.92 Å². The fourth-order valence-electron chi connectivity index (χ4n) is 3.22. The lowest BCUT2D eigenvalue weighted by atomic mass is 9.94. The van der Waals surface area contributed by atoms with E-state index in [0.29, 0.717) is 43.1 Å². The van der Waals surface area contributed by atoms with E-state index in [4.69, 9.17) is 9.84 Å². The topological polar surface area (TPSA) is 62.7 Å². The van der Waals surface area contributed by atoms with Gasteiger partial charge in [-0.1, -0.05) is 12.8 Å². The summed E-state index contributed by atoms with van der Waals surface area (Å²) >= 11 is 0. The van der Waals surface area contributed by atoms with Crippen LogP contribution in [0.15, 0.2) is 6.07 Å². The van der Waals surface area contributed by atoms with Gasteiger partial charge in [0.15, 0.2) is 5.82 Å². The fraction of sp³-hybridized carbons (Fsp3) is 0.579. The Balaban J connectivity index is 2.20. The van der Waals surface area contributed by atoms with E-state index < -0.39 is 0 Å². The molecule has 1 atom stereocenters. The summed E-state index contributed by atoms with van der Waals surface area (Å²) in [6.07, 6.45) is 2.78. The van der Waals surface area contributed by atoms with E-state index >= 15 is 0 Å². The third-order valence-electron chi connectivity index (χ3n) is 4.24. The molecule has 0 bridgehead atoms. The SMILES string of the molecule is CCOC(=O)CC1CCCN(c2c(F)cc(C#CCO)nc2CC)C1. The molecule has 1 aliphatic heterocycles. The van der Waals surface area contributed by atoms with E-state index in [0.717, 1.165) is 19.4 Å². The average Bonchev–Trinajstić information content (AvgIpc) is 2.59. The van der Waals surface area contributed by atoms with Crippen molar-refractivity contribution in [1.82, 2.24) is 4.98 Å². The van der Waals surface area contributed by atoms with Crippen molar-refractivity contribution in [3.63, 3.8) is 0 Å². The molecule has 0 aliphatic carbocycles. The number of pyridine rings is 1. The Labute approximate surface area is 148 Å². The molecule has 25 heavy (non-hydrogen) atoms. The second-order valence-corrected chi connectivity index (χ2v) is 6.06. The van der Waals surface area contributed by atoms with Crippen LogP contribution in [0, 0.1) is 23.6 Å². The minimum Gasteiger partial charge on any atom is -0.466 e. The van der Waals surface area contributed by atoms with Gasteiger partial charge in [0.2, 0.25) is 0 Å². The van der Waals surface area contributed by atoms with Crippen molar-refractivity contribution < 1.29 is 19.0 Å². The van der Waals surface area contributed by atoms with Crippen molar-refractivity contribution >= 4 is 11.7 Å². The molecule has 2 heterocycles. The summed E-state index contributed by atoms with van der Waals surface area (Å²) in [6.45, 7) is 5.17. The average molecular weight is 348 g/mol. The second kappa shape index (κ2) is 9.38. The van der Waals surface area contributed by atoms with E-state index in [2.05, 4.69) is 16.8 Å². The molecule has 1 aliphatic rings. The van der Waals surface area contributed by atoms with Crippen LogP contribution in [0.1, 0.15) is 44.5 Å². The van der Waals surface area contributed by atoms with Gasteiger partial charge < -0.3 is 14.7 Å². The zero-order valence-corrected chi connectivity index (χ0v) is 14.8. The molecule has 1 unspecified atom stereocenters. The summed E-state index contributed by atoms with van der Waals surface area (Å²) in [7, 11) is 0. The molecular formula is C19H25FN2O3. The third-order valence-corrected chi connectivity index (χ3v) is 4.24. The molecule has 6 heteroatoms. The van der Waals surface area contributed by atoms with Crippen LogP contribution in [0.3, 0.4) is 0 Å². The van der Waals surface area contributed by atoms with Crippen LogP contribution in [0.2, 0.25) is 0 Å². The van der Waals surface area contributed by atoms with Crippen LogP contribution >= 0.6 is 0 Å². The van der Waals surface area contributed by atoms with E-state index in [-0.39, 0.29) is 24.3 Å². The van der Waals surface area contributed by atoms with Gasteiger partial charge in [0.25, 0.3) is 0 Å². The number of anilines is 1. The minimum absolute atomic E-state index is 0.158. The van der Waals surface area contributed by atoms with Crippen molar-refractivity contribution in [2.75, 3.05) is 31.2 Å². The van der Waals surface area contributed by atoms with Crippen molar-refractivity contribution in [3.8, 4) is 11.8 Å². The quantitative estimate of drug-likeness (QED) is 0.653. The lowest BCUT2D eigenvalue weighted by molar-refractivity contribution is -0.144. The molecule has 2 rings (SSSR count). The zero-order valence-electron chi connectivity index (χ0n) is 14.8. The predicted molar refractivity (Wildman–Crippen MR) is 93.7 cm³/mol. The lowest BCUT2D eigenvalue weighted by Crippen LogP contribution is -2.37. The molecule has 0 aromatic carbocycles. The summed E-state index contributed by atoms with van der Waals surface area (Å²) in [5.41, 5.74) is 1.48. The van der Waals surface area contributed by atoms with Crippen LogP contribution in [0.4, 0.5) is 10.1 Å². The number of aryl methyl sites for hydroxylation is 1. The van der Waals surface area contributed by atoms with Gasteiger partial charge >= 0.3 is 5.97 Å². The largest absolute Gasteiger partial charge is 0.466 e. The number of hydrogen-bond donors (Lipinski definition) is 1. The molecule has 0 saturated carbocycles. The van der Waals surface area contributed by atoms with Crippen molar-refractivity contribution in [2.45, 2.75) is 39.5 Å². The summed E-state index contributed by atoms with van der Waals surface area (Å²) in [5, 5.41) is 8.78. The van der Waals surface area contributed by atoms with Gasteiger partial charge in [0.05, 0.1) is 24.4 Å². The molecule has 1 saturated heterocycles. The number of hydrogen-bond acceptors (Lipinski definition) is 5. The van der Waals surface area contributed by atoms with Gasteiger partial charge in [-0.15, -0.1) is 0 Å². The first-order valence-electron chi connectivity index (χ1n) is 8.78. The van der Waals surface area contributed by atoms with Crippen LogP contribution < -0.4 is 4.90 Å². The number of aromatic nitrogens is 1. The Morgan fingerprint density at radius 1 is 1.52 bits per heavy atom. The standard InChI is InChI=1S/C19H25FN2O3/c1-3-17-19(16(20)12-15(21-17)8-6-10-23)22-9-5-7-14(13-22)11-18(24)25-4-2/h12,14,23H,3-5,7,9-11,13H2,1-2H3. The number of piperidine rings is 1. The van der Waals surface area contributed by atoms with Crippen molar-refractivity contribution in [1.29, 1.82) is 0 Å². The number of aliphatic hydroxyl groups is 1. The van der Waals surface area contributed by atoms with E-state index in [1.165, 1.54) is 6.07 Å². The maximum Gasteiger partial charge on any atom is 0.306 e. The highest BCUT2D eigenvalue weighted by Gasteiger charge is 2.26. The van der Waals surface area contributed by atoms with Crippen LogP contribution in [0.25, 0.3) is 0 Å². The number of carbonyl (C=O) groups is 1. The van der Waals surface area contributed by atoms with Gasteiger partial charge in [0.1, 0.15) is 12.3 Å².